The molecule has 2 unspecified atom stereocenters. The van der Waals surface area contributed by atoms with Crippen molar-refractivity contribution in [3.8, 4) is 0 Å². The number of rotatable bonds is 4. The van der Waals surface area contributed by atoms with Crippen LogP contribution in [0.1, 0.15) is 10.6 Å². The summed E-state index contributed by atoms with van der Waals surface area (Å²) in [4.78, 5) is 7.55. The fourth-order valence-corrected chi connectivity index (χ4v) is 2.99. The molecule has 1 aliphatic heterocycles. The molecule has 2 atom stereocenters. The molecule has 0 radical (unpaired) electrons. The number of hydrogen-bond donors (Lipinski definition) is 1. The van der Waals surface area contributed by atoms with E-state index in [-0.39, 0.29) is 18.8 Å². The lowest BCUT2D eigenvalue weighted by molar-refractivity contribution is -0.00461. The maximum absolute atomic E-state index is 9.17. The third-order valence-electron chi connectivity index (χ3n) is 3.12. The molecule has 5 nitrogen and oxygen atoms in total. The van der Waals surface area contributed by atoms with E-state index in [2.05, 4.69) is 9.88 Å². The first-order chi connectivity index (χ1) is 8.19. The third-order valence-corrected chi connectivity index (χ3v) is 4.32. The van der Waals surface area contributed by atoms with Crippen LogP contribution in [0.2, 0.25) is 0 Å². The molecule has 6 heteroatoms. The van der Waals surface area contributed by atoms with Gasteiger partial charge >= 0.3 is 0 Å². The molecule has 17 heavy (non-hydrogen) atoms. The minimum Gasteiger partial charge on any atom is -0.391 e. The van der Waals surface area contributed by atoms with Crippen LogP contribution in [-0.2, 0) is 16.1 Å². The van der Waals surface area contributed by atoms with Crippen LogP contribution in [0.5, 0.6) is 0 Å². The van der Waals surface area contributed by atoms with Crippen LogP contribution in [0.15, 0.2) is 0 Å². The normalized spacial score (nSPS) is 24.6. The molecule has 2 heterocycles. The minimum absolute atomic E-state index is 0.0543. The summed E-state index contributed by atoms with van der Waals surface area (Å²) in [6.07, 6.45) is 0.170. The Kier molecular flexibility index (Phi) is 3.98. The average Bonchev–Trinajstić information content (AvgIpc) is 2.91. The molecule has 1 fully saturated rings. The van der Waals surface area contributed by atoms with Gasteiger partial charge in [0.1, 0.15) is 12.2 Å². The number of thiazole rings is 1. The Morgan fingerprint density at radius 1 is 1.35 bits per heavy atom. The first-order valence-electron chi connectivity index (χ1n) is 5.57. The number of hydrogen-bond acceptors (Lipinski definition) is 6. The van der Waals surface area contributed by atoms with Crippen molar-refractivity contribution in [2.24, 2.45) is 0 Å². The van der Waals surface area contributed by atoms with E-state index in [1.54, 1.807) is 14.2 Å². The topological polar surface area (TPSA) is 54.8 Å². The van der Waals surface area contributed by atoms with Crippen molar-refractivity contribution < 1.29 is 14.6 Å². The van der Waals surface area contributed by atoms with Gasteiger partial charge in [-0.2, -0.15) is 0 Å². The fourth-order valence-electron chi connectivity index (χ4n) is 2.05. The monoisotopic (exact) mass is 258 g/mol. The molecule has 0 spiro atoms. The maximum atomic E-state index is 9.17. The van der Waals surface area contributed by atoms with Crippen LogP contribution in [0.4, 0.5) is 5.13 Å². The van der Waals surface area contributed by atoms with Gasteiger partial charge in [-0.1, -0.05) is 11.3 Å². The number of anilines is 1. The minimum atomic E-state index is 0.0543. The van der Waals surface area contributed by atoms with E-state index >= 15 is 0 Å². The quantitative estimate of drug-likeness (QED) is 0.865. The van der Waals surface area contributed by atoms with Crippen LogP contribution in [0.25, 0.3) is 0 Å². The molecule has 0 aromatic carbocycles. The lowest BCUT2D eigenvalue weighted by Gasteiger charge is -2.13. The predicted octanol–water partition coefficient (Wildman–Crippen LogP) is 0.794. The predicted molar refractivity (Wildman–Crippen MR) is 66.6 cm³/mol. The van der Waals surface area contributed by atoms with Crippen LogP contribution >= 0.6 is 11.3 Å². The standard InChI is InChI=1S/C11H18N2O3S/c1-7-10(6-14)17-11(12-7)13-4-8(15-2)9(5-13)16-3/h8-9,14H,4-6H2,1-3H3. The summed E-state index contributed by atoms with van der Waals surface area (Å²) >= 11 is 1.54. The van der Waals surface area contributed by atoms with Crippen molar-refractivity contribution in [3.63, 3.8) is 0 Å². The SMILES string of the molecule is COC1CN(c2nc(C)c(CO)s2)CC1OC. The van der Waals surface area contributed by atoms with E-state index in [9.17, 15) is 5.11 Å². The van der Waals surface area contributed by atoms with E-state index in [1.807, 2.05) is 6.92 Å². The second-order valence-electron chi connectivity index (χ2n) is 4.12. The molecule has 0 saturated carbocycles. The summed E-state index contributed by atoms with van der Waals surface area (Å²) < 4.78 is 10.8. The second-order valence-corrected chi connectivity index (χ2v) is 5.18. The Morgan fingerprint density at radius 2 is 1.94 bits per heavy atom. The number of ether oxygens (including phenoxy) is 2. The molecule has 1 saturated heterocycles. The molecular formula is C11H18N2O3S. The van der Waals surface area contributed by atoms with Crippen LogP contribution in [0.3, 0.4) is 0 Å². The maximum Gasteiger partial charge on any atom is 0.186 e. The van der Waals surface area contributed by atoms with Crippen LogP contribution in [-0.4, -0.2) is 49.6 Å². The van der Waals surface area contributed by atoms with Gasteiger partial charge < -0.3 is 19.5 Å². The molecule has 1 aliphatic rings. The highest BCUT2D eigenvalue weighted by Gasteiger charge is 2.34. The van der Waals surface area contributed by atoms with Crippen molar-refractivity contribution in [1.29, 1.82) is 0 Å². The zero-order chi connectivity index (χ0) is 12.4. The Morgan fingerprint density at radius 3 is 2.35 bits per heavy atom. The van der Waals surface area contributed by atoms with Gasteiger partial charge in [0.25, 0.3) is 0 Å². The highest BCUT2D eigenvalue weighted by Crippen LogP contribution is 2.29. The smallest absolute Gasteiger partial charge is 0.186 e. The number of aliphatic hydroxyl groups excluding tert-OH is 1. The first kappa shape index (κ1) is 12.8. The number of aryl methyl sites for hydroxylation is 1. The van der Waals surface area contributed by atoms with E-state index in [1.165, 1.54) is 11.3 Å². The average molecular weight is 258 g/mol. The van der Waals surface area contributed by atoms with Crippen molar-refractivity contribution in [1.82, 2.24) is 4.98 Å². The Labute approximate surface area is 105 Å². The molecule has 0 aliphatic carbocycles. The van der Waals surface area contributed by atoms with Gasteiger partial charge in [-0.15, -0.1) is 0 Å². The fraction of sp³-hybridized carbons (Fsp3) is 0.727. The van der Waals surface area contributed by atoms with E-state index in [0.29, 0.717) is 0 Å². The Balaban J connectivity index is 2.13. The number of nitrogens with zero attached hydrogens (tertiary/aromatic N) is 2. The molecule has 96 valence electrons. The van der Waals surface area contributed by atoms with E-state index in [0.717, 1.165) is 28.8 Å². The molecule has 1 aromatic heterocycles. The van der Waals surface area contributed by atoms with Gasteiger partial charge in [0.05, 0.1) is 17.2 Å². The summed E-state index contributed by atoms with van der Waals surface area (Å²) in [6, 6.07) is 0. The zero-order valence-electron chi connectivity index (χ0n) is 10.3. The van der Waals surface area contributed by atoms with Gasteiger partial charge in [0.2, 0.25) is 0 Å². The summed E-state index contributed by atoms with van der Waals surface area (Å²) in [5.74, 6) is 0. The van der Waals surface area contributed by atoms with Crippen molar-refractivity contribution in [2.75, 3.05) is 32.2 Å². The zero-order valence-corrected chi connectivity index (χ0v) is 11.2. The van der Waals surface area contributed by atoms with Gasteiger partial charge in [-0.05, 0) is 6.92 Å². The summed E-state index contributed by atoms with van der Waals surface area (Å²) in [6.45, 7) is 3.54. The summed E-state index contributed by atoms with van der Waals surface area (Å²) in [5, 5.41) is 10.1. The molecular weight excluding hydrogens is 240 g/mol. The van der Waals surface area contributed by atoms with Crippen molar-refractivity contribution in [3.05, 3.63) is 10.6 Å². The van der Waals surface area contributed by atoms with Gasteiger partial charge in [0, 0.05) is 27.3 Å². The number of aliphatic hydroxyl groups is 1. The number of aromatic nitrogens is 1. The highest BCUT2D eigenvalue weighted by atomic mass is 32.1. The Hall–Kier alpha value is -0.690. The van der Waals surface area contributed by atoms with Gasteiger partial charge in [-0.25, -0.2) is 4.98 Å². The molecule has 1 aromatic rings. The summed E-state index contributed by atoms with van der Waals surface area (Å²) in [7, 11) is 3.40. The highest BCUT2D eigenvalue weighted by molar-refractivity contribution is 7.15. The van der Waals surface area contributed by atoms with Crippen molar-refractivity contribution >= 4 is 16.5 Å². The number of methoxy groups -OCH3 is 2. The largest absolute Gasteiger partial charge is 0.391 e. The van der Waals surface area contributed by atoms with Gasteiger partial charge in [-0.3, -0.25) is 0 Å². The summed E-state index contributed by atoms with van der Waals surface area (Å²) in [5.41, 5.74) is 0.905. The van der Waals surface area contributed by atoms with Gasteiger partial charge in [0.15, 0.2) is 5.13 Å². The molecule has 1 N–H and O–H groups in total. The van der Waals surface area contributed by atoms with E-state index in [4.69, 9.17) is 9.47 Å². The van der Waals surface area contributed by atoms with Crippen LogP contribution in [0, 0.1) is 6.92 Å². The lowest BCUT2D eigenvalue weighted by atomic mass is 10.3. The van der Waals surface area contributed by atoms with Crippen LogP contribution < -0.4 is 4.90 Å². The molecule has 0 bridgehead atoms. The molecule has 0 amide bonds. The lowest BCUT2D eigenvalue weighted by Crippen LogP contribution is -2.27. The third kappa shape index (κ3) is 2.44. The first-order valence-corrected chi connectivity index (χ1v) is 6.39. The Bertz CT molecular complexity index is 371. The van der Waals surface area contributed by atoms with E-state index < -0.39 is 0 Å². The van der Waals surface area contributed by atoms with Crippen molar-refractivity contribution in [2.45, 2.75) is 25.7 Å². The second kappa shape index (κ2) is 5.30. The molecule has 2 rings (SSSR count).